The second-order valence-electron chi connectivity index (χ2n) is 2.55. The van der Waals surface area contributed by atoms with Crippen molar-refractivity contribution in [3.8, 4) is 5.75 Å². The molecular weight excluding hydrogens is 237 g/mol. The summed E-state index contributed by atoms with van der Waals surface area (Å²) in [6.07, 6.45) is 0. The number of benzene rings is 1. The van der Waals surface area contributed by atoms with Crippen LogP contribution in [0.25, 0.3) is 0 Å². The summed E-state index contributed by atoms with van der Waals surface area (Å²) in [6.45, 7) is 0. The third-order valence-electron chi connectivity index (χ3n) is 1.52. The minimum atomic E-state index is -0.736. The first-order chi connectivity index (χ1) is 6.84. The maximum atomic E-state index is 5.67. The van der Waals surface area contributed by atoms with E-state index in [4.69, 9.17) is 10.3 Å². The molecule has 1 aromatic rings. The molecule has 2 unspecified atom stereocenters. The highest BCUT2D eigenvalue weighted by Crippen LogP contribution is 2.40. The van der Waals surface area contributed by atoms with Crippen LogP contribution in [0.4, 0.5) is 5.69 Å². The average Bonchev–Trinajstić information content (AvgIpc) is 2.23. The molecule has 0 aromatic heterocycles. The van der Waals surface area contributed by atoms with Gasteiger partial charge in [0.1, 0.15) is 5.75 Å². The molecule has 0 amide bonds. The Bertz CT molecular complexity index is 290. The van der Waals surface area contributed by atoms with E-state index in [1.807, 2.05) is 24.3 Å². The second-order valence-corrected chi connectivity index (χ2v) is 6.61. The van der Waals surface area contributed by atoms with Crippen molar-refractivity contribution in [1.82, 2.24) is 14.6 Å². The van der Waals surface area contributed by atoms with E-state index in [1.54, 1.807) is 0 Å². The minimum Gasteiger partial charge on any atom is -0.444 e. The van der Waals surface area contributed by atoms with Crippen LogP contribution in [0, 0.1) is 0 Å². The summed E-state index contributed by atoms with van der Waals surface area (Å²) >= 11 is 0. The third kappa shape index (κ3) is 2.99. The van der Waals surface area contributed by atoms with Gasteiger partial charge >= 0.3 is 0 Å². The zero-order valence-corrected chi connectivity index (χ0v) is 10.1. The van der Waals surface area contributed by atoms with Crippen molar-refractivity contribution >= 4 is 31.9 Å². The van der Waals surface area contributed by atoms with E-state index in [0.717, 1.165) is 11.4 Å². The lowest BCUT2D eigenvalue weighted by molar-refractivity contribution is 0.607. The maximum Gasteiger partial charge on any atom is 0.251 e. The van der Waals surface area contributed by atoms with Crippen LogP contribution in [0.1, 0.15) is 0 Å². The Morgan fingerprint density at radius 2 is 1.79 bits per heavy atom. The summed E-state index contributed by atoms with van der Waals surface area (Å²) < 4.78 is 5.67. The Morgan fingerprint density at radius 3 is 2.43 bits per heavy atom. The molecule has 1 aliphatic rings. The minimum absolute atomic E-state index is 0.560. The maximum absolute atomic E-state index is 5.67. The standard InChI is InChI=1S/C6H11N4OP3/c7-5-1-3-6(4-2-5)11-14-9-12-8-13-10-14/h1-4,8-10,12-13H,7H2. The molecule has 1 saturated heterocycles. The van der Waals surface area contributed by atoms with E-state index in [0.29, 0.717) is 17.8 Å². The van der Waals surface area contributed by atoms with E-state index >= 15 is 0 Å². The van der Waals surface area contributed by atoms with Crippen molar-refractivity contribution in [2.24, 2.45) is 0 Å². The van der Waals surface area contributed by atoms with Gasteiger partial charge in [-0.15, -0.1) is 0 Å². The van der Waals surface area contributed by atoms with Gasteiger partial charge in [0.2, 0.25) is 0 Å². The molecule has 1 aliphatic heterocycles. The first kappa shape index (κ1) is 10.5. The van der Waals surface area contributed by atoms with Crippen molar-refractivity contribution in [1.29, 1.82) is 0 Å². The monoisotopic (exact) mass is 248 g/mol. The molecule has 8 heteroatoms. The van der Waals surface area contributed by atoms with Gasteiger partial charge in [0.05, 0.1) is 0 Å². The molecule has 0 saturated carbocycles. The van der Waals surface area contributed by atoms with Gasteiger partial charge in [-0.25, -0.2) is 9.72 Å². The predicted octanol–water partition coefficient (Wildman–Crippen LogP) is 1.67. The summed E-state index contributed by atoms with van der Waals surface area (Å²) in [5.41, 5.74) is 6.32. The van der Waals surface area contributed by atoms with Crippen LogP contribution in [-0.2, 0) is 0 Å². The summed E-state index contributed by atoms with van der Waals surface area (Å²) in [6, 6.07) is 7.40. The molecule has 14 heavy (non-hydrogen) atoms. The number of nitrogen functional groups attached to an aromatic ring is 1. The molecule has 5 N–H and O–H groups in total. The van der Waals surface area contributed by atoms with E-state index in [9.17, 15) is 0 Å². The fourth-order valence-corrected chi connectivity index (χ4v) is 4.84. The lowest BCUT2D eigenvalue weighted by atomic mass is 10.3. The lowest BCUT2D eigenvalue weighted by Crippen LogP contribution is -2.18. The zero-order valence-electron chi connectivity index (χ0n) is 7.24. The molecule has 0 bridgehead atoms. The number of hydrogen-bond donors (Lipinski definition) is 4. The highest BCUT2D eigenvalue weighted by molar-refractivity contribution is 7.71. The molecule has 0 aliphatic carbocycles. The van der Waals surface area contributed by atoms with Crippen molar-refractivity contribution in [2.45, 2.75) is 0 Å². The fraction of sp³-hybridized carbons (Fsp3) is 0. The number of nitrogens with one attached hydrogen (secondary N) is 3. The Balaban J connectivity index is 1.92. The average molecular weight is 248 g/mol. The van der Waals surface area contributed by atoms with Gasteiger partial charge in [-0.2, -0.15) is 0 Å². The molecule has 5 nitrogen and oxygen atoms in total. The van der Waals surface area contributed by atoms with Crippen molar-refractivity contribution in [3.63, 3.8) is 0 Å². The fourth-order valence-electron chi connectivity index (χ4n) is 0.896. The van der Waals surface area contributed by atoms with Crippen molar-refractivity contribution in [2.75, 3.05) is 5.73 Å². The summed E-state index contributed by atoms with van der Waals surface area (Å²) in [7, 11) is 0.384. The van der Waals surface area contributed by atoms with E-state index in [2.05, 4.69) is 14.6 Å². The van der Waals surface area contributed by atoms with Crippen LogP contribution in [0.2, 0.25) is 0 Å². The Labute approximate surface area is 87.3 Å². The van der Waals surface area contributed by atoms with E-state index in [1.165, 1.54) is 0 Å². The van der Waals surface area contributed by atoms with Crippen LogP contribution in [0.3, 0.4) is 0 Å². The first-order valence-corrected chi connectivity index (χ1v) is 7.20. The predicted molar refractivity (Wildman–Crippen MR) is 64.4 cm³/mol. The SMILES string of the molecule is Nc1ccc(OP2NPNPN2)cc1. The molecule has 0 radical (unpaired) electrons. The van der Waals surface area contributed by atoms with Crippen LogP contribution in [0.15, 0.2) is 24.3 Å². The van der Waals surface area contributed by atoms with E-state index < -0.39 is 8.45 Å². The molecular formula is C6H11N4OP3. The smallest absolute Gasteiger partial charge is 0.251 e. The normalized spacial score (nSPS) is 25.3. The highest BCUT2D eigenvalue weighted by Gasteiger charge is 2.13. The molecule has 2 atom stereocenters. The van der Waals surface area contributed by atoms with Gasteiger partial charge < -0.3 is 10.3 Å². The number of nitrogens with two attached hydrogens (primary N) is 1. The Morgan fingerprint density at radius 1 is 1.14 bits per heavy atom. The molecule has 2 rings (SSSR count). The quantitative estimate of drug-likeness (QED) is 0.473. The van der Waals surface area contributed by atoms with Gasteiger partial charge in [-0.05, 0) is 24.3 Å². The van der Waals surface area contributed by atoms with Crippen LogP contribution in [-0.4, -0.2) is 0 Å². The number of anilines is 1. The highest BCUT2D eigenvalue weighted by atomic mass is 31.2. The van der Waals surface area contributed by atoms with Gasteiger partial charge in [-0.3, -0.25) is 4.86 Å². The Kier molecular flexibility index (Phi) is 3.89. The Hall–Kier alpha value is -0.0100. The molecule has 0 spiro atoms. The third-order valence-corrected chi connectivity index (χ3v) is 5.43. The van der Waals surface area contributed by atoms with Crippen LogP contribution in [0.5, 0.6) is 5.75 Å². The van der Waals surface area contributed by atoms with Crippen molar-refractivity contribution < 1.29 is 4.52 Å². The van der Waals surface area contributed by atoms with Gasteiger partial charge in [0.15, 0.2) is 0 Å². The second kappa shape index (κ2) is 5.18. The van der Waals surface area contributed by atoms with Crippen LogP contribution >= 0.6 is 26.2 Å². The summed E-state index contributed by atoms with van der Waals surface area (Å²) in [4.78, 5) is 9.57. The number of rotatable bonds is 2. The van der Waals surface area contributed by atoms with Gasteiger partial charge in [0.25, 0.3) is 8.45 Å². The number of hydrogen-bond acceptors (Lipinski definition) is 5. The first-order valence-electron chi connectivity index (χ1n) is 3.94. The van der Waals surface area contributed by atoms with Gasteiger partial charge in [0, 0.05) is 23.5 Å². The molecule has 1 fully saturated rings. The topological polar surface area (TPSA) is 71.3 Å². The summed E-state index contributed by atoms with van der Waals surface area (Å²) in [5.74, 6) is 0.835. The lowest BCUT2D eigenvalue weighted by Gasteiger charge is -2.24. The zero-order chi connectivity index (χ0) is 9.80. The summed E-state index contributed by atoms with van der Waals surface area (Å²) in [5, 5.41) is 0. The van der Waals surface area contributed by atoms with Crippen LogP contribution < -0.4 is 24.8 Å². The molecule has 76 valence electrons. The van der Waals surface area contributed by atoms with Crippen molar-refractivity contribution in [3.05, 3.63) is 24.3 Å². The molecule has 1 aromatic carbocycles. The largest absolute Gasteiger partial charge is 0.444 e. The molecule has 1 heterocycles. The van der Waals surface area contributed by atoms with Gasteiger partial charge in [-0.1, -0.05) is 0 Å². The van der Waals surface area contributed by atoms with E-state index in [-0.39, 0.29) is 0 Å².